The third-order valence-electron chi connectivity index (χ3n) is 2.13. The molecule has 1 fully saturated rings. The zero-order valence-corrected chi connectivity index (χ0v) is 9.47. The van der Waals surface area contributed by atoms with Crippen LogP contribution in [0.25, 0.3) is 0 Å². The van der Waals surface area contributed by atoms with E-state index in [4.69, 9.17) is 4.74 Å². The largest absolute Gasteiger partial charge is 0.365 e. The first-order valence-electron chi connectivity index (χ1n) is 4.73. The number of nitrogens with one attached hydrogen (secondary N) is 1. The molecule has 0 aromatic rings. The van der Waals surface area contributed by atoms with Crippen LogP contribution in [0.1, 0.15) is 26.2 Å². The van der Waals surface area contributed by atoms with E-state index in [-0.39, 0.29) is 18.1 Å². The number of ether oxygens (including phenoxy) is 1. The zero-order chi connectivity index (χ0) is 9.68. The number of alkyl halides is 1. The molecule has 0 aromatic heterocycles. The first-order chi connectivity index (χ1) is 6.24. The lowest BCUT2D eigenvalue weighted by molar-refractivity contribution is -0.131. The quantitative estimate of drug-likeness (QED) is 0.606. The van der Waals surface area contributed by atoms with E-state index >= 15 is 0 Å². The number of amides is 1. The minimum atomic E-state index is -0.203. The molecule has 4 heteroatoms. The Morgan fingerprint density at radius 2 is 2.38 bits per heavy atom. The van der Waals surface area contributed by atoms with Crippen molar-refractivity contribution < 1.29 is 9.53 Å². The van der Waals surface area contributed by atoms with E-state index < -0.39 is 0 Å². The summed E-state index contributed by atoms with van der Waals surface area (Å²) in [5.41, 5.74) is 0. The van der Waals surface area contributed by atoms with E-state index in [1.807, 2.05) is 6.92 Å². The highest BCUT2D eigenvalue weighted by Gasteiger charge is 2.27. The second kappa shape index (κ2) is 5.60. The summed E-state index contributed by atoms with van der Waals surface area (Å²) in [7, 11) is 0. The summed E-state index contributed by atoms with van der Waals surface area (Å²) in [4.78, 5) is 11.4. The number of halogens is 1. The Balaban J connectivity index is 2.16. The van der Waals surface area contributed by atoms with Crippen molar-refractivity contribution in [3.05, 3.63) is 0 Å². The number of carbonyl (C=O) groups is 1. The van der Waals surface area contributed by atoms with Crippen LogP contribution >= 0.6 is 15.9 Å². The Labute approximate surface area is 87.3 Å². The second-order valence-corrected chi connectivity index (χ2v) is 4.14. The zero-order valence-electron chi connectivity index (χ0n) is 7.88. The first kappa shape index (κ1) is 11.0. The molecule has 0 aromatic carbocycles. The van der Waals surface area contributed by atoms with Crippen LogP contribution in [-0.4, -0.2) is 30.0 Å². The van der Waals surface area contributed by atoms with Crippen LogP contribution in [0.5, 0.6) is 0 Å². The summed E-state index contributed by atoms with van der Waals surface area (Å²) in [6.45, 7) is 2.74. The Morgan fingerprint density at radius 1 is 1.62 bits per heavy atom. The molecule has 1 aliphatic heterocycles. The van der Waals surface area contributed by atoms with Crippen LogP contribution in [0.15, 0.2) is 0 Å². The van der Waals surface area contributed by atoms with E-state index in [1.165, 1.54) is 0 Å². The highest BCUT2D eigenvalue weighted by atomic mass is 79.9. The fourth-order valence-electron chi connectivity index (χ4n) is 1.39. The number of hydrogen-bond acceptors (Lipinski definition) is 2. The minimum Gasteiger partial charge on any atom is -0.365 e. The van der Waals surface area contributed by atoms with Gasteiger partial charge in [-0.2, -0.15) is 0 Å². The maximum Gasteiger partial charge on any atom is 0.249 e. The van der Waals surface area contributed by atoms with E-state index in [2.05, 4.69) is 21.2 Å². The van der Waals surface area contributed by atoms with Crippen molar-refractivity contribution >= 4 is 21.8 Å². The van der Waals surface area contributed by atoms with Gasteiger partial charge in [0.2, 0.25) is 5.91 Å². The van der Waals surface area contributed by atoms with Crippen molar-refractivity contribution in [2.45, 2.75) is 38.4 Å². The Hall–Kier alpha value is -0.0900. The lowest BCUT2D eigenvalue weighted by atomic mass is 10.2. The van der Waals surface area contributed by atoms with E-state index in [0.717, 1.165) is 31.1 Å². The highest BCUT2D eigenvalue weighted by molar-refractivity contribution is 9.09. The molecule has 76 valence electrons. The normalized spacial score (nSPS) is 27.5. The third kappa shape index (κ3) is 3.65. The fourth-order valence-corrected chi connectivity index (χ4v) is 1.67. The van der Waals surface area contributed by atoms with Crippen molar-refractivity contribution in [1.29, 1.82) is 0 Å². The maximum atomic E-state index is 11.4. The molecule has 2 atom stereocenters. The second-order valence-electron chi connectivity index (χ2n) is 3.35. The highest BCUT2D eigenvalue weighted by Crippen LogP contribution is 2.18. The Bertz CT molecular complexity index is 175. The summed E-state index contributed by atoms with van der Waals surface area (Å²) < 4.78 is 5.43. The van der Waals surface area contributed by atoms with Gasteiger partial charge in [-0.25, -0.2) is 0 Å². The number of carbonyl (C=O) groups excluding carboxylic acids is 1. The van der Waals surface area contributed by atoms with Gasteiger partial charge in [-0.15, -0.1) is 0 Å². The average Bonchev–Trinajstić information content (AvgIpc) is 2.52. The van der Waals surface area contributed by atoms with Crippen LogP contribution < -0.4 is 5.32 Å². The van der Waals surface area contributed by atoms with Gasteiger partial charge in [0.05, 0.1) is 6.10 Å². The van der Waals surface area contributed by atoms with Gasteiger partial charge in [-0.1, -0.05) is 15.9 Å². The lowest BCUT2D eigenvalue weighted by Gasteiger charge is -2.10. The molecule has 0 bridgehead atoms. The van der Waals surface area contributed by atoms with Gasteiger partial charge in [-0.05, 0) is 26.2 Å². The van der Waals surface area contributed by atoms with Crippen molar-refractivity contribution in [3.63, 3.8) is 0 Å². The van der Waals surface area contributed by atoms with Gasteiger partial charge in [0.15, 0.2) is 0 Å². The Kier molecular flexibility index (Phi) is 4.73. The molecule has 1 aliphatic rings. The molecule has 13 heavy (non-hydrogen) atoms. The summed E-state index contributed by atoms with van der Waals surface area (Å²) >= 11 is 3.31. The molecule has 3 nitrogen and oxygen atoms in total. The fraction of sp³-hybridized carbons (Fsp3) is 0.889. The van der Waals surface area contributed by atoms with E-state index in [1.54, 1.807) is 0 Å². The summed E-state index contributed by atoms with van der Waals surface area (Å²) in [5.74, 6) is 0.0466. The third-order valence-corrected chi connectivity index (χ3v) is 2.69. The smallest absolute Gasteiger partial charge is 0.249 e. The molecule has 0 spiro atoms. The summed E-state index contributed by atoms with van der Waals surface area (Å²) in [6, 6.07) is 0. The van der Waals surface area contributed by atoms with Gasteiger partial charge in [-0.3, -0.25) is 4.79 Å². The predicted molar refractivity (Wildman–Crippen MR) is 55.0 cm³/mol. The van der Waals surface area contributed by atoms with Gasteiger partial charge >= 0.3 is 0 Å². The Morgan fingerprint density at radius 3 is 2.92 bits per heavy atom. The van der Waals surface area contributed by atoms with Crippen LogP contribution in [0, 0.1) is 0 Å². The van der Waals surface area contributed by atoms with E-state index in [0.29, 0.717) is 0 Å². The van der Waals surface area contributed by atoms with Gasteiger partial charge < -0.3 is 10.1 Å². The molecular weight excluding hydrogens is 234 g/mol. The standard InChI is InChI=1S/C9H16BrNO2/c1-7-3-4-8(13-7)9(12)11-6-2-5-10/h7-8H,2-6H2,1H3,(H,11,12). The van der Waals surface area contributed by atoms with Crippen molar-refractivity contribution in [2.75, 3.05) is 11.9 Å². The summed E-state index contributed by atoms with van der Waals surface area (Å²) in [6.07, 6.45) is 2.86. The topological polar surface area (TPSA) is 38.3 Å². The molecule has 1 saturated heterocycles. The molecule has 2 unspecified atom stereocenters. The molecule has 1 amide bonds. The molecule has 0 saturated carbocycles. The van der Waals surface area contributed by atoms with Gasteiger partial charge in [0.1, 0.15) is 6.10 Å². The van der Waals surface area contributed by atoms with Gasteiger partial charge in [0.25, 0.3) is 0 Å². The number of hydrogen-bond donors (Lipinski definition) is 1. The van der Waals surface area contributed by atoms with Crippen molar-refractivity contribution in [1.82, 2.24) is 5.32 Å². The molecular formula is C9H16BrNO2. The van der Waals surface area contributed by atoms with Crippen LogP contribution in [-0.2, 0) is 9.53 Å². The molecule has 1 rings (SSSR count). The molecule has 1 heterocycles. The predicted octanol–water partition coefficient (Wildman–Crippen LogP) is 1.46. The molecule has 0 radical (unpaired) electrons. The lowest BCUT2D eigenvalue weighted by Crippen LogP contribution is -2.35. The molecule has 1 N–H and O–H groups in total. The van der Waals surface area contributed by atoms with Crippen LogP contribution in [0.4, 0.5) is 0 Å². The monoisotopic (exact) mass is 249 g/mol. The summed E-state index contributed by atoms with van der Waals surface area (Å²) in [5, 5.41) is 3.78. The SMILES string of the molecule is CC1CCC(C(=O)NCCCBr)O1. The average molecular weight is 250 g/mol. The van der Waals surface area contributed by atoms with Crippen LogP contribution in [0.2, 0.25) is 0 Å². The van der Waals surface area contributed by atoms with Gasteiger partial charge in [0, 0.05) is 11.9 Å². The maximum absolute atomic E-state index is 11.4. The first-order valence-corrected chi connectivity index (χ1v) is 5.85. The van der Waals surface area contributed by atoms with E-state index in [9.17, 15) is 4.79 Å². The number of rotatable bonds is 4. The van der Waals surface area contributed by atoms with Crippen molar-refractivity contribution in [3.8, 4) is 0 Å². The minimum absolute atomic E-state index is 0.0466. The van der Waals surface area contributed by atoms with Crippen LogP contribution in [0.3, 0.4) is 0 Å². The van der Waals surface area contributed by atoms with Crippen molar-refractivity contribution in [2.24, 2.45) is 0 Å². The molecule has 0 aliphatic carbocycles.